The lowest BCUT2D eigenvalue weighted by atomic mass is 10.2. The predicted molar refractivity (Wildman–Crippen MR) is 73.3 cm³/mol. The van der Waals surface area contributed by atoms with Crippen molar-refractivity contribution in [2.24, 2.45) is 0 Å². The lowest BCUT2D eigenvalue weighted by Crippen LogP contribution is -2.20. The number of methoxy groups -OCH3 is 1. The van der Waals surface area contributed by atoms with Gasteiger partial charge in [0.1, 0.15) is 11.9 Å². The fourth-order valence-corrected chi connectivity index (χ4v) is 2.02. The molecule has 1 fully saturated rings. The first-order valence-corrected chi connectivity index (χ1v) is 6.74. The lowest BCUT2D eigenvalue weighted by molar-refractivity contribution is 0.0913. The summed E-state index contributed by atoms with van der Waals surface area (Å²) in [5, 5.41) is 4.22. The van der Waals surface area contributed by atoms with Crippen molar-refractivity contribution < 1.29 is 9.47 Å². The summed E-state index contributed by atoms with van der Waals surface area (Å²) in [4.78, 5) is 0. The first-order chi connectivity index (χ1) is 8.69. The summed E-state index contributed by atoms with van der Waals surface area (Å²) in [6.07, 6.45) is 2.59. The molecule has 18 heavy (non-hydrogen) atoms. The molecule has 0 spiro atoms. The SMILES string of the molecule is COCC(C)Oc1ccc(Cl)cc1CNC1CC1. The van der Waals surface area contributed by atoms with Crippen molar-refractivity contribution in [3.63, 3.8) is 0 Å². The van der Waals surface area contributed by atoms with Crippen LogP contribution in [0.2, 0.25) is 5.02 Å². The van der Waals surface area contributed by atoms with Crippen molar-refractivity contribution in [1.82, 2.24) is 5.32 Å². The molecule has 1 saturated carbocycles. The van der Waals surface area contributed by atoms with Crippen molar-refractivity contribution in [3.05, 3.63) is 28.8 Å². The van der Waals surface area contributed by atoms with Crippen molar-refractivity contribution >= 4 is 11.6 Å². The molecular weight excluding hydrogens is 250 g/mol. The summed E-state index contributed by atoms with van der Waals surface area (Å²) in [7, 11) is 1.68. The van der Waals surface area contributed by atoms with Crippen molar-refractivity contribution in [2.75, 3.05) is 13.7 Å². The Hall–Kier alpha value is -0.770. The second-order valence-corrected chi connectivity index (χ2v) is 5.23. The van der Waals surface area contributed by atoms with Crippen molar-refractivity contribution in [1.29, 1.82) is 0 Å². The van der Waals surface area contributed by atoms with Crippen LogP contribution in [0.1, 0.15) is 25.3 Å². The molecule has 0 radical (unpaired) electrons. The molecule has 1 aromatic carbocycles. The van der Waals surface area contributed by atoms with Gasteiger partial charge in [0.2, 0.25) is 0 Å². The largest absolute Gasteiger partial charge is 0.488 e. The maximum absolute atomic E-state index is 6.04. The fraction of sp³-hybridized carbons (Fsp3) is 0.571. The number of nitrogens with one attached hydrogen (secondary N) is 1. The van der Waals surface area contributed by atoms with Crippen molar-refractivity contribution in [2.45, 2.75) is 38.5 Å². The zero-order valence-corrected chi connectivity index (χ0v) is 11.7. The van der Waals surface area contributed by atoms with Crippen LogP contribution in [0.5, 0.6) is 5.75 Å². The molecule has 0 aliphatic heterocycles. The highest BCUT2D eigenvalue weighted by Crippen LogP contribution is 2.26. The van der Waals surface area contributed by atoms with Gasteiger partial charge in [0.15, 0.2) is 0 Å². The molecule has 1 N–H and O–H groups in total. The molecule has 1 aliphatic rings. The van der Waals surface area contributed by atoms with Gasteiger partial charge in [0.25, 0.3) is 0 Å². The van der Waals surface area contributed by atoms with Crippen LogP contribution in [0.15, 0.2) is 18.2 Å². The molecule has 3 nitrogen and oxygen atoms in total. The van der Waals surface area contributed by atoms with Gasteiger partial charge in [-0.25, -0.2) is 0 Å². The molecule has 1 unspecified atom stereocenters. The van der Waals surface area contributed by atoms with E-state index in [4.69, 9.17) is 21.1 Å². The summed E-state index contributed by atoms with van der Waals surface area (Å²) in [5.74, 6) is 0.886. The fourth-order valence-electron chi connectivity index (χ4n) is 1.83. The number of hydrogen-bond acceptors (Lipinski definition) is 3. The Bertz CT molecular complexity index is 393. The third-order valence-electron chi connectivity index (χ3n) is 2.91. The van der Waals surface area contributed by atoms with Gasteiger partial charge in [-0.15, -0.1) is 0 Å². The quantitative estimate of drug-likeness (QED) is 0.825. The molecule has 4 heteroatoms. The van der Waals surface area contributed by atoms with Gasteiger partial charge in [0.05, 0.1) is 6.61 Å². The van der Waals surface area contributed by atoms with Gasteiger partial charge >= 0.3 is 0 Å². The second-order valence-electron chi connectivity index (χ2n) is 4.79. The van der Waals surface area contributed by atoms with E-state index in [1.54, 1.807) is 7.11 Å². The Morgan fingerprint density at radius 2 is 2.22 bits per heavy atom. The third-order valence-corrected chi connectivity index (χ3v) is 3.15. The van der Waals surface area contributed by atoms with Crippen LogP contribution < -0.4 is 10.1 Å². The molecule has 2 rings (SSSR count). The molecule has 0 heterocycles. The summed E-state index contributed by atoms with van der Waals surface area (Å²) in [6.45, 7) is 3.38. The molecule has 0 bridgehead atoms. The lowest BCUT2D eigenvalue weighted by Gasteiger charge is -2.17. The van der Waals surface area contributed by atoms with Crippen LogP contribution >= 0.6 is 11.6 Å². The molecular formula is C14H20ClNO2. The highest BCUT2D eigenvalue weighted by atomic mass is 35.5. The van der Waals surface area contributed by atoms with Crippen LogP contribution in [0.4, 0.5) is 0 Å². The zero-order chi connectivity index (χ0) is 13.0. The zero-order valence-electron chi connectivity index (χ0n) is 10.9. The molecule has 0 aromatic heterocycles. The van der Waals surface area contributed by atoms with Crippen LogP contribution in [-0.4, -0.2) is 25.9 Å². The predicted octanol–water partition coefficient (Wildman–Crippen LogP) is 3.01. The van der Waals surface area contributed by atoms with Gasteiger partial charge in [-0.1, -0.05) is 11.6 Å². The van der Waals surface area contributed by atoms with Crippen LogP contribution in [0.25, 0.3) is 0 Å². The summed E-state index contributed by atoms with van der Waals surface area (Å²) in [6, 6.07) is 6.43. The Morgan fingerprint density at radius 1 is 1.44 bits per heavy atom. The van der Waals surface area contributed by atoms with Crippen LogP contribution in [-0.2, 0) is 11.3 Å². The average Bonchev–Trinajstić information content (AvgIpc) is 3.14. The van der Waals surface area contributed by atoms with E-state index >= 15 is 0 Å². The Kier molecular flexibility index (Phi) is 4.87. The monoisotopic (exact) mass is 269 g/mol. The molecule has 0 amide bonds. The maximum atomic E-state index is 6.04. The van der Waals surface area contributed by atoms with Gasteiger partial charge in [-0.3, -0.25) is 0 Å². The van der Waals surface area contributed by atoms with E-state index in [1.165, 1.54) is 12.8 Å². The van der Waals surface area contributed by atoms with Gasteiger partial charge in [0, 0.05) is 30.3 Å². The van der Waals surface area contributed by atoms with Gasteiger partial charge in [-0.05, 0) is 38.0 Å². The number of halogens is 1. The number of hydrogen-bond donors (Lipinski definition) is 1. The minimum absolute atomic E-state index is 0.0378. The summed E-state index contributed by atoms with van der Waals surface area (Å²) >= 11 is 6.04. The van der Waals surface area contributed by atoms with E-state index in [0.29, 0.717) is 12.6 Å². The number of benzene rings is 1. The second kappa shape index (κ2) is 6.41. The Labute approximate surface area is 113 Å². The molecule has 100 valence electrons. The maximum Gasteiger partial charge on any atom is 0.124 e. The first kappa shape index (κ1) is 13.7. The highest BCUT2D eigenvalue weighted by molar-refractivity contribution is 6.30. The average molecular weight is 270 g/mol. The van der Waals surface area contributed by atoms with E-state index in [-0.39, 0.29) is 6.10 Å². The topological polar surface area (TPSA) is 30.5 Å². The van der Waals surface area contributed by atoms with E-state index in [2.05, 4.69) is 5.32 Å². The van der Waals surface area contributed by atoms with E-state index in [9.17, 15) is 0 Å². The van der Waals surface area contributed by atoms with E-state index in [0.717, 1.165) is 22.9 Å². The molecule has 1 aliphatic carbocycles. The standard InChI is InChI=1S/C14H20ClNO2/c1-10(9-17-2)18-14-6-3-12(15)7-11(14)8-16-13-4-5-13/h3,6-7,10,13,16H,4-5,8-9H2,1-2H3. The normalized spacial score (nSPS) is 16.6. The minimum atomic E-state index is 0.0378. The Balaban J connectivity index is 2.01. The third kappa shape index (κ3) is 4.16. The summed E-state index contributed by atoms with van der Waals surface area (Å²) < 4.78 is 11.0. The van der Waals surface area contributed by atoms with Gasteiger partial charge in [-0.2, -0.15) is 0 Å². The smallest absolute Gasteiger partial charge is 0.124 e. The van der Waals surface area contributed by atoms with Gasteiger partial charge < -0.3 is 14.8 Å². The number of rotatable bonds is 7. The summed E-state index contributed by atoms with van der Waals surface area (Å²) in [5.41, 5.74) is 1.11. The van der Waals surface area contributed by atoms with E-state index < -0.39 is 0 Å². The molecule has 1 aromatic rings. The van der Waals surface area contributed by atoms with Crippen LogP contribution in [0.3, 0.4) is 0 Å². The van der Waals surface area contributed by atoms with E-state index in [1.807, 2.05) is 25.1 Å². The van der Waals surface area contributed by atoms with Crippen molar-refractivity contribution in [3.8, 4) is 5.75 Å². The highest BCUT2D eigenvalue weighted by Gasteiger charge is 2.21. The van der Waals surface area contributed by atoms with Crippen LogP contribution in [0, 0.1) is 0 Å². The first-order valence-electron chi connectivity index (χ1n) is 6.36. The number of ether oxygens (including phenoxy) is 2. The molecule has 0 saturated heterocycles. The molecule has 1 atom stereocenters. The minimum Gasteiger partial charge on any atom is -0.488 e. The Morgan fingerprint density at radius 3 is 2.89 bits per heavy atom.